The second-order valence-corrected chi connectivity index (χ2v) is 2.61. The van der Waals surface area contributed by atoms with E-state index in [0.29, 0.717) is 6.54 Å². The molecule has 0 aliphatic heterocycles. The summed E-state index contributed by atoms with van der Waals surface area (Å²) in [6.07, 6.45) is 7.25. The Bertz CT molecular complexity index is 172. The average Bonchev–Trinajstić information content (AvgIpc) is 2.02. The molecule has 0 fully saturated rings. The van der Waals surface area contributed by atoms with Gasteiger partial charge in [0.25, 0.3) is 0 Å². The molecule has 0 aromatic rings. The molecule has 1 atom stereocenters. The van der Waals surface area contributed by atoms with Crippen LogP contribution in [0.4, 0.5) is 0 Å². The van der Waals surface area contributed by atoms with E-state index in [0.717, 1.165) is 12.8 Å². The molecule has 0 saturated heterocycles. The zero-order chi connectivity index (χ0) is 9.40. The third kappa shape index (κ3) is 5.75. The highest BCUT2D eigenvalue weighted by Crippen LogP contribution is 1.94. The number of carboxylic acid groups (broad SMARTS) is 1. The van der Waals surface area contributed by atoms with E-state index in [1.807, 2.05) is 6.92 Å². The lowest BCUT2D eigenvalue weighted by atomic mass is 10.2. The summed E-state index contributed by atoms with van der Waals surface area (Å²) in [6.45, 7) is 2.49. The molecular formula is C9H15NO2. The highest BCUT2D eigenvalue weighted by atomic mass is 16.4. The maximum atomic E-state index is 10.1. The molecule has 0 amide bonds. The third-order valence-corrected chi connectivity index (χ3v) is 1.51. The molecule has 68 valence electrons. The highest BCUT2D eigenvalue weighted by molar-refractivity contribution is 5.66. The Kier molecular flexibility index (Phi) is 6.12. The van der Waals surface area contributed by atoms with Gasteiger partial charge in [-0.3, -0.25) is 4.79 Å². The standard InChI is InChI=1S/C9H15NO2/c1-3-5-8(4-2)10-7-6-9(11)12/h2,8,10H,3,5-7H2,1H3,(H,11,12). The molecule has 2 N–H and O–H groups in total. The van der Waals surface area contributed by atoms with Gasteiger partial charge in [-0.2, -0.15) is 0 Å². The SMILES string of the molecule is C#CC(CCC)NCCC(=O)O. The van der Waals surface area contributed by atoms with Crippen LogP contribution in [0.15, 0.2) is 0 Å². The second kappa shape index (κ2) is 6.68. The number of nitrogens with one attached hydrogen (secondary N) is 1. The predicted molar refractivity (Wildman–Crippen MR) is 47.8 cm³/mol. The molecule has 3 heteroatoms. The number of aliphatic carboxylic acids is 1. The predicted octanol–water partition coefficient (Wildman–Crippen LogP) is 0.853. The lowest BCUT2D eigenvalue weighted by Gasteiger charge is -2.09. The Labute approximate surface area is 73.2 Å². The van der Waals surface area contributed by atoms with Gasteiger partial charge in [0.15, 0.2) is 0 Å². The van der Waals surface area contributed by atoms with Crippen LogP contribution in [0.25, 0.3) is 0 Å². The minimum atomic E-state index is -0.797. The smallest absolute Gasteiger partial charge is 0.304 e. The van der Waals surface area contributed by atoms with Crippen molar-refractivity contribution >= 4 is 5.97 Å². The molecule has 0 rings (SSSR count). The summed E-state index contributed by atoms with van der Waals surface area (Å²) in [5, 5.41) is 11.3. The zero-order valence-electron chi connectivity index (χ0n) is 7.34. The minimum absolute atomic E-state index is 0.0225. The van der Waals surface area contributed by atoms with Crippen molar-refractivity contribution in [2.24, 2.45) is 0 Å². The second-order valence-electron chi connectivity index (χ2n) is 2.61. The van der Waals surface area contributed by atoms with Gasteiger partial charge in [0, 0.05) is 6.54 Å². The van der Waals surface area contributed by atoms with Gasteiger partial charge in [-0.1, -0.05) is 19.3 Å². The molecule has 12 heavy (non-hydrogen) atoms. The van der Waals surface area contributed by atoms with Crippen LogP contribution in [0.1, 0.15) is 26.2 Å². The maximum absolute atomic E-state index is 10.1. The molecule has 0 aromatic heterocycles. The number of carbonyl (C=O) groups is 1. The Hall–Kier alpha value is -1.01. The molecule has 0 aliphatic carbocycles. The molecule has 0 aliphatic rings. The number of rotatable bonds is 6. The van der Waals surface area contributed by atoms with Crippen molar-refractivity contribution in [3.05, 3.63) is 0 Å². The minimum Gasteiger partial charge on any atom is -0.481 e. The van der Waals surface area contributed by atoms with E-state index >= 15 is 0 Å². The van der Waals surface area contributed by atoms with Gasteiger partial charge in [-0.15, -0.1) is 6.42 Å². The molecule has 1 unspecified atom stereocenters. The normalized spacial score (nSPS) is 12.0. The van der Waals surface area contributed by atoms with Crippen LogP contribution >= 0.6 is 0 Å². The largest absolute Gasteiger partial charge is 0.481 e. The Morgan fingerprint density at radius 2 is 2.42 bits per heavy atom. The summed E-state index contributed by atoms with van der Waals surface area (Å²) in [6, 6.07) is 0.0225. The summed E-state index contributed by atoms with van der Waals surface area (Å²) >= 11 is 0. The van der Waals surface area contributed by atoms with E-state index in [-0.39, 0.29) is 12.5 Å². The lowest BCUT2D eigenvalue weighted by Crippen LogP contribution is -2.29. The van der Waals surface area contributed by atoms with Gasteiger partial charge in [0.1, 0.15) is 0 Å². The summed E-state index contributed by atoms with van der Waals surface area (Å²) in [5.74, 6) is 1.78. The van der Waals surface area contributed by atoms with Gasteiger partial charge in [0.05, 0.1) is 12.5 Å². The van der Waals surface area contributed by atoms with Crippen molar-refractivity contribution < 1.29 is 9.90 Å². The van der Waals surface area contributed by atoms with Crippen molar-refractivity contribution in [1.29, 1.82) is 0 Å². The van der Waals surface area contributed by atoms with E-state index in [9.17, 15) is 4.79 Å². The van der Waals surface area contributed by atoms with E-state index in [4.69, 9.17) is 11.5 Å². The monoisotopic (exact) mass is 169 g/mol. The van der Waals surface area contributed by atoms with E-state index in [1.165, 1.54) is 0 Å². The van der Waals surface area contributed by atoms with E-state index in [2.05, 4.69) is 11.2 Å². The van der Waals surface area contributed by atoms with Crippen LogP contribution < -0.4 is 5.32 Å². The topological polar surface area (TPSA) is 49.3 Å². The molecule has 0 spiro atoms. The van der Waals surface area contributed by atoms with Gasteiger partial charge < -0.3 is 10.4 Å². The number of hydrogen-bond donors (Lipinski definition) is 2. The zero-order valence-corrected chi connectivity index (χ0v) is 7.34. The molecule has 0 saturated carbocycles. The third-order valence-electron chi connectivity index (χ3n) is 1.51. The molecule has 0 heterocycles. The highest BCUT2D eigenvalue weighted by Gasteiger charge is 2.02. The maximum Gasteiger partial charge on any atom is 0.304 e. The Morgan fingerprint density at radius 1 is 1.75 bits per heavy atom. The molecule has 3 nitrogen and oxygen atoms in total. The molecule has 0 aromatic carbocycles. The average molecular weight is 169 g/mol. The number of carboxylic acids is 1. The first kappa shape index (κ1) is 11.0. The first-order valence-corrected chi connectivity index (χ1v) is 4.12. The van der Waals surface area contributed by atoms with Crippen molar-refractivity contribution in [2.75, 3.05) is 6.54 Å². The van der Waals surface area contributed by atoms with Gasteiger partial charge in [0.2, 0.25) is 0 Å². The van der Waals surface area contributed by atoms with Gasteiger partial charge in [-0.25, -0.2) is 0 Å². The Morgan fingerprint density at radius 3 is 2.83 bits per heavy atom. The fourth-order valence-electron chi connectivity index (χ4n) is 0.886. The quantitative estimate of drug-likeness (QED) is 0.580. The fourth-order valence-corrected chi connectivity index (χ4v) is 0.886. The summed E-state index contributed by atoms with van der Waals surface area (Å²) in [5.41, 5.74) is 0. The first-order valence-electron chi connectivity index (χ1n) is 4.12. The van der Waals surface area contributed by atoms with Crippen LogP contribution in [0.2, 0.25) is 0 Å². The number of hydrogen-bond acceptors (Lipinski definition) is 2. The van der Waals surface area contributed by atoms with E-state index < -0.39 is 5.97 Å². The van der Waals surface area contributed by atoms with E-state index in [1.54, 1.807) is 0 Å². The first-order chi connectivity index (χ1) is 5.70. The van der Waals surface area contributed by atoms with Gasteiger partial charge in [-0.05, 0) is 6.42 Å². The van der Waals surface area contributed by atoms with Crippen LogP contribution in [0, 0.1) is 12.3 Å². The summed E-state index contributed by atoms with van der Waals surface area (Å²) in [4.78, 5) is 10.1. The summed E-state index contributed by atoms with van der Waals surface area (Å²) in [7, 11) is 0. The van der Waals surface area contributed by atoms with Crippen LogP contribution in [-0.2, 0) is 4.79 Å². The number of terminal acetylenes is 1. The van der Waals surface area contributed by atoms with Gasteiger partial charge >= 0.3 is 5.97 Å². The molecule has 0 radical (unpaired) electrons. The molecule has 0 bridgehead atoms. The van der Waals surface area contributed by atoms with Crippen molar-refractivity contribution in [3.8, 4) is 12.3 Å². The fraction of sp³-hybridized carbons (Fsp3) is 0.667. The van der Waals surface area contributed by atoms with Crippen LogP contribution in [-0.4, -0.2) is 23.7 Å². The summed E-state index contributed by atoms with van der Waals surface area (Å²) < 4.78 is 0. The molecular weight excluding hydrogens is 154 g/mol. The van der Waals surface area contributed by atoms with Crippen molar-refractivity contribution in [1.82, 2.24) is 5.32 Å². The Balaban J connectivity index is 3.46. The van der Waals surface area contributed by atoms with Crippen LogP contribution in [0.5, 0.6) is 0 Å². The van der Waals surface area contributed by atoms with Crippen molar-refractivity contribution in [2.45, 2.75) is 32.2 Å². The lowest BCUT2D eigenvalue weighted by molar-refractivity contribution is -0.136. The van der Waals surface area contributed by atoms with Crippen molar-refractivity contribution in [3.63, 3.8) is 0 Å². The van der Waals surface area contributed by atoms with Crippen LogP contribution in [0.3, 0.4) is 0 Å².